The zero-order valence-corrected chi connectivity index (χ0v) is 30.6. The summed E-state index contributed by atoms with van der Waals surface area (Å²) in [5.74, 6) is 2.20. The Morgan fingerprint density at radius 3 is 1.09 bits per heavy atom. The molecule has 8 bridgehead atoms. The van der Waals surface area contributed by atoms with Gasteiger partial charge >= 0.3 is 0 Å². The molecular weight excluding hydrogens is 673 g/mol. The smallest absolute Gasteiger partial charge is 0.126 e. The Balaban J connectivity index is 1.13. The van der Waals surface area contributed by atoms with Crippen molar-refractivity contribution in [2.24, 2.45) is 0 Å². The van der Waals surface area contributed by atoms with Crippen molar-refractivity contribution in [2.45, 2.75) is 51.6 Å². The Bertz CT molecular complexity index is 1890. The lowest BCUT2D eigenvalue weighted by molar-refractivity contribution is 0.302. The second-order valence-corrected chi connectivity index (χ2v) is 13.8. The molecule has 1 aliphatic carbocycles. The van der Waals surface area contributed by atoms with Crippen LogP contribution in [0, 0.1) is 0 Å². The number of nitrogens with one attached hydrogen (secondary N) is 2. The number of hydrogen-bond donors (Lipinski definition) is 4. The van der Waals surface area contributed by atoms with Gasteiger partial charge in [-0.05, 0) is 106 Å². The van der Waals surface area contributed by atoms with Crippen LogP contribution in [0.1, 0.15) is 68.5 Å². The molecule has 0 fully saturated rings. The van der Waals surface area contributed by atoms with Crippen LogP contribution in [0.4, 0.5) is 0 Å². The summed E-state index contributed by atoms with van der Waals surface area (Å²) in [7, 11) is 0. The van der Waals surface area contributed by atoms with E-state index in [-0.39, 0.29) is 0 Å². The van der Waals surface area contributed by atoms with Crippen molar-refractivity contribution in [1.29, 1.82) is 0 Å². The highest BCUT2D eigenvalue weighted by Crippen LogP contribution is 2.38. The first kappa shape index (κ1) is 36.6. The van der Waals surface area contributed by atoms with E-state index in [1.54, 1.807) is 0 Å². The number of phenols is 2. The van der Waals surface area contributed by atoms with Gasteiger partial charge in [0.1, 0.15) is 23.0 Å². The molecule has 0 saturated heterocycles. The van der Waals surface area contributed by atoms with Crippen molar-refractivity contribution >= 4 is 0 Å². The summed E-state index contributed by atoms with van der Waals surface area (Å²) in [6, 6.07) is 32.5. The molecule has 7 rings (SSSR count). The molecule has 2 aromatic heterocycles. The second kappa shape index (κ2) is 18.4. The number of phenolic OH excluding ortho intramolecular Hbond substituents is 2. The SMILES string of the molecule is Oc1c2cccc1Cc1cccc(c1OCCCNCc1ccncc1)Cc1cccc(c1O)Cc1cccc(c1OCCCNCc1ccncc1)C2. The van der Waals surface area contributed by atoms with Gasteiger partial charge in [0.2, 0.25) is 0 Å². The summed E-state index contributed by atoms with van der Waals surface area (Å²) in [6.45, 7) is 4.23. The summed E-state index contributed by atoms with van der Waals surface area (Å²) in [6.07, 6.45) is 10.9. The normalized spacial score (nSPS) is 12.3. The van der Waals surface area contributed by atoms with Gasteiger partial charge in [-0.3, -0.25) is 9.97 Å². The van der Waals surface area contributed by atoms with E-state index >= 15 is 0 Å². The fraction of sp³-hybridized carbons (Fsp3) is 0.261. The molecule has 54 heavy (non-hydrogen) atoms. The van der Waals surface area contributed by atoms with E-state index in [1.165, 1.54) is 11.1 Å². The van der Waals surface area contributed by atoms with E-state index in [4.69, 9.17) is 9.47 Å². The van der Waals surface area contributed by atoms with Gasteiger partial charge in [0, 0.05) is 63.6 Å². The minimum absolute atomic E-state index is 0.292. The molecule has 0 saturated carbocycles. The zero-order valence-electron chi connectivity index (χ0n) is 30.6. The zero-order chi connectivity index (χ0) is 37.0. The molecule has 4 aromatic carbocycles. The molecule has 0 aliphatic heterocycles. The fourth-order valence-corrected chi connectivity index (χ4v) is 7.09. The minimum atomic E-state index is 0.292. The lowest BCUT2D eigenvalue weighted by atomic mass is 9.91. The Labute approximate surface area is 317 Å². The molecule has 0 unspecified atom stereocenters. The summed E-state index contributed by atoms with van der Waals surface area (Å²) < 4.78 is 13.2. The first-order valence-electron chi connectivity index (χ1n) is 18.9. The third kappa shape index (κ3) is 9.44. The van der Waals surface area contributed by atoms with Crippen LogP contribution in [0.25, 0.3) is 0 Å². The quantitative estimate of drug-likeness (QED) is 0.0848. The molecule has 276 valence electrons. The van der Waals surface area contributed by atoms with E-state index in [9.17, 15) is 10.2 Å². The van der Waals surface area contributed by atoms with Crippen molar-refractivity contribution in [3.63, 3.8) is 0 Å². The van der Waals surface area contributed by atoms with Crippen LogP contribution in [0.5, 0.6) is 23.0 Å². The molecule has 4 N–H and O–H groups in total. The second-order valence-electron chi connectivity index (χ2n) is 13.8. The van der Waals surface area contributed by atoms with E-state index in [0.717, 1.165) is 95.0 Å². The maximum Gasteiger partial charge on any atom is 0.126 e. The van der Waals surface area contributed by atoms with Crippen LogP contribution >= 0.6 is 0 Å². The van der Waals surface area contributed by atoms with E-state index in [0.29, 0.717) is 50.4 Å². The molecule has 1 aliphatic rings. The number of fused-ring (bicyclic) bond motifs is 8. The van der Waals surface area contributed by atoms with Crippen LogP contribution in [0.15, 0.2) is 122 Å². The summed E-state index contributed by atoms with van der Waals surface area (Å²) in [5.41, 5.74) is 9.72. The average molecular weight is 721 g/mol. The van der Waals surface area contributed by atoms with Gasteiger partial charge in [0.15, 0.2) is 0 Å². The lowest BCUT2D eigenvalue weighted by Gasteiger charge is -2.20. The first-order chi connectivity index (χ1) is 26.6. The number of ether oxygens (including phenoxy) is 2. The monoisotopic (exact) mass is 720 g/mol. The van der Waals surface area contributed by atoms with Crippen LogP contribution in [-0.2, 0) is 38.8 Å². The Morgan fingerprint density at radius 1 is 0.444 bits per heavy atom. The molecule has 8 heteroatoms. The molecule has 6 aromatic rings. The first-order valence-corrected chi connectivity index (χ1v) is 18.9. The number of benzene rings is 4. The molecule has 0 spiro atoms. The number of rotatable bonds is 14. The van der Waals surface area contributed by atoms with Gasteiger partial charge < -0.3 is 30.3 Å². The Hall–Kier alpha value is -5.70. The Kier molecular flexibility index (Phi) is 12.5. The summed E-state index contributed by atoms with van der Waals surface area (Å²) in [5, 5.41) is 30.5. The number of aromatic nitrogens is 2. The number of nitrogens with zero attached hydrogens (tertiary/aromatic N) is 2. The van der Waals surface area contributed by atoms with Gasteiger partial charge in [0.25, 0.3) is 0 Å². The predicted octanol–water partition coefficient (Wildman–Crippen LogP) is 7.68. The van der Waals surface area contributed by atoms with Crippen LogP contribution < -0.4 is 20.1 Å². The van der Waals surface area contributed by atoms with Gasteiger partial charge in [0.05, 0.1) is 13.2 Å². The summed E-state index contributed by atoms with van der Waals surface area (Å²) in [4.78, 5) is 8.19. The molecule has 0 amide bonds. The Morgan fingerprint density at radius 2 is 0.759 bits per heavy atom. The van der Waals surface area contributed by atoms with Crippen molar-refractivity contribution in [2.75, 3.05) is 26.3 Å². The fourth-order valence-electron chi connectivity index (χ4n) is 7.09. The van der Waals surface area contributed by atoms with Gasteiger partial charge in [-0.1, -0.05) is 72.8 Å². The van der Waals surface area contributed by atoms with Gasteiger partial charge in [-0.25, -0.2) is 0 Å². The van der Waals surface area contributed by atoms with Crippen LogP contribution in [0.2, 0.25) is 0 Å². The number of pyridine rings is 2. The molecule has 2 heterocycles. The van der Waals surface area contributed by atoms with E-state index in [2.05, 4.69) is 44.9 Å². The highest BCUT2D eigenvalue weighted by Gasteiger charge is 2.20. The highest BCUT2D eigenvalue weighted by molar-refractivity contribution is 5.55. The topological polar surface area (TPSA) is 109 Å². The van der Waals surface area contributed by atoms with Crippen LogP contribution in [0.3, 0.4) is 0 Å². The highest BCUT2D eigenvalue weighted by atomic mass is 16.5. The van der Waals surface area contributed by atoms with Crippen molar-refractivity contribution in [3.05, 3.63) is 177 Å². The molecule has 8 nitrogen and oxygen atoms in total. The standard InChI is InChI=1S/C46H48N4O4/c51-43-35-7-1-8-36(43)28-40-12-4-14-42(46(40)54-26-6-20-50-32-34-17-23-48-24-18-34)30-38-10-2-9-37(44(38)52)29-41-13-3-11-39(27-35)45(41)53-25-5-19-49-31-33-15-21-47-22-16-33/h1-4,7-18,21-24,49-52H,5-6,19-20,25-32H2. The summed E-state index contributed by atoms with van der Waals surface area (Å²) >= 11 is 0. The van der Waals surface area contributed by atoms with Crippen molar-refractivity contribution in [1.82, 2.24) is 20.6 Å². The average Bonchev–Trinajstić information content (AvgIpc) is 3.19. The third-order valence-corrected chi connectivity index (χ3v) is 9.93. The molecule has 0 radical (unpaired) electrons. The largest absolute Gasteiger partial charge is 0.507 e. The van der Waals surface area contributed by atoms with Crippen LogP contribution in [-0.4, -0.2) is 46.5 Å². The minimum Gasteiger partial charge on any atom is -0.507 e. The van der Waals surface area contributed by atoms with Crippen molar-refractivity contribution < 1.29 is 19.7 Å². The van der Waals surface area contributed by atoms with Crippen molar-refractivity contribution in [3.8, 4) is 23.0 Å². The van der Waals surface area contributed by atoms with Gasteiger partial charge in [-0.15, -0.1) is 0 Å². The number of hydrogen-bond acceptors (Lipinski definition) is 8. The van der Waals surface area contributed by atoms with E-state index in [1.807, 2.05) is 97.6 Å². The lowest BCUT2D eigenvalue weighted by Crippen LogP contribution is -2.17. The predicted molar refractivity (Wildman–Crippen MR) is 212 cm³/mol. The third-order valence-electron chi connectivity index (χ3n) is 9.93. The number of para-hydroxylation sites is 4. The maximum absolute atomic E-state index is 11.7. The number of aromatic hydroxyl groups is 2. The maximum atomic E-state index is 11.7. The van der Waals surface area contributed by atoms with Gasteiger partial charge in [-0.2, -0.15) is 0 Å². The van der Waals surface area contributed by atoms with E-state index < -0.39 is 0 Å². The molecule has 0 atom stereocenters. The molecular formula is C46H48N4O4.